The first-order valence-corrected chi connectivity index (χ1v) is 14.0. The van der Waals surface area contributed by atoms with Crippen molar-refractivity contribution in [2.75, 3.05) is 24.5 Å². The van der Waals surface area contributed by atoms with E-state index in [9.17, 15) is 9.90 Å². The summed E-state index contributed by atoms with van der Waals surface area (Å²) in [6, 6.07) is 8.56. The predicted molar refractivity (Wildman–Crippen MR) is 147 cm³/mol. The van der Waals surface area contributed by atoms with Gasteiger partial charge in [0.1, 0.15) is 5.60 Å². The van der Waals surface area contributed by atoms with Crippen LogP contribution >= 0.6 is 22.9 Å². The molecule has 6 nitrogen and oxygen atoms in total. The first-order valence-electron chi connectivity index (χ1n) is 12.8. The summed E-state index contributed by atoms with van der Waals surface area (Å²) in [7, 11) is 0. The molecule has 8 heteroatoms. The van der Waals surface area contributed by atoms with Gasteiger partial charge in [-0.25, -0.2) is 4.79 Å². The molecule has 2 aliphatic heterocycles. The van der Waals surface area contributed by atoms with Gasteiger partial charge in [-0.05, 0) is 82.7 Å². The van der Waals surface area contributed by atoms with Gasteiger partial charge in [-0.1, -0.05) is 11.6 Å². The Morgan fingerprint density at radius 1 is 1.17 bits per heavy atom. The summed E-state index contributed by atoms with van der Waals surface area (Å²) < 4.78 is 6.73. The number of thiophene rings is 1. The highest BCUT2D eigenvalue weighted by atomic mass is 35.5. The minimum atomic E-state index is -0.490. The standard InChI is InChI=1S/C28H34ClN3O3S/c1-28(2,3)35-27(34)31-11-5-7-20(9-13-31)32-12-4-6-18-14-19(29)15-23(25(18)32)22-8-10-30-24-16-21(17-33)36-26(22)24/h8,10,14-16,20,33H,4-7,9,11-13,17H2,1-3H3. The fourth-order valence-electron chi connectivity index (χ4n) is 5.48. The molecule has 2 aliphatic rings. The number of nitrogens with zero attached hydrogens (tertiary/aromatic N) is 3. The number of anilines is 1. The van der Waals surface area contributed by atoms with Crippen LogP contribution < -0.4 is 4.90 Å². The fraction of sp³-hybridized carbons (Fsp3) is 0.500. The van der Waals surface area contributed by atoms with Crippen LogP contribution in [0.5, 0.6) is 0 Å². The molecule has 2 aromatic heterocycles. The maximum Gasteiger partial charge on any atom is 0.410 e. The number of aliphatic hydroxyl groups is 1. The number of ether oxygens (including phenoxy) is 1. The highest BCUT2D eigenvalue weighted by Gasteiger charge is 2.31. The van der Waals surface area contributed by atoms with Crippen LogP contribution in [-0.2, 0) is 17.8 Å². The number of hydrogen-bond donors (Lipinski definition) is 1. The van der Waals surface area contributed by atoms with Gasteiger partial charge < -0.3 is 19.6 Å². The Balaban J connectivity index is 1.49. The molecule has 0 aliphatic carbocycles. The lowest BCUT2D eigenvalue weighted by Gasteiger charge is -2.39. The molecule has 5 rings (SSSR count). The van der Waals surface area contributed by atoms with Crippen molar-refractivity contribution in [1.29, 1.82) is 0 Å². The zero-order valence-electron chi connectivity index (χ0n) is 21.2. The van der Waals surface area contributed by atoms with E-state index in [1.54, 1.807) is 11.3 Å². The van der Waals surface area contributed by atoms with Crippen molar-refractivity contribution in [3.8, 4) is 11.1 Å². The van der Waals surface area contributed by atoms with Crippen molar-refractivity contribution >= 4 is 44.9 Å². The SMILES string of the molecule is CC(C)(C)OC(=O)N1CCCC(N2CCCc3cc(Cl)cc(-c4ccnc5cc(CO)sc45)c32)CC1. The van der Waals surface area contributed by atoms with Crippen molar-refractivity contribution < 1.29 is 14.6 Å². The summed E-state index contributed by atoms with van der Waals surface area (Å²) in [5.74, 6) is 0. The van der Waals surface area contributed by atoms with E-state index in [2.05, 4.69) is 28.1 Å². The third-order valence-corrected chi connectivity index (χ3v) is 8.35. The summed E-state index contributed by atoms with van der Waals surface area (Å²) in [4.78, 5) is 22.6. The summed E-state index contributed by atoms with van der Waals surface area (Å²) in [5.41, 5.74) is 5.19. The fourth-order valence-corrected chi connectivity index (χ4v) is 6.73. The number of likely N-dealkylation sites (tertiary alicyclic amines) is 1. The van der Waals surface area contributed by atoms with Crippen molar-refractivity contribution in [2.24, 2.45) is 0 Å². The van der Waals surface area contributed by atoms with E-state index >= 15 is 0 Å². The van der Waals surface area contributed by atoms with Crippen molar-refractivity contribution in [1.82, 2.24) is 9.88 Å². The van der Waals surface area contributed by atoms with E-state index in [1.165, 1.54) is 11.3 Å². The molecule has 1 fully saturated rings. The Labute approximate surface area is 221 Å². The molecular formula is C28H34ClN3O3S. The Kier molecular flexibility index (Phi) is 7.16. The molecule has 1 N–H and O–H groups in total. The van der Waals surface area contributed by atoms with E-state index in [-0.39, 0.29) is 12.7 Å². The quantitative estimate of drug-likeness (QED) is 0.413. The van der Waals surface area contributed by atoms with Crippen LogP contribution in [0.1, 0.15) is 56.9 Å². The molecule has 0 spiro atoms. The number of amides is 1. The summed E-state index contributed by atoms with van der Waals surface area (Å²) in [5, 5.41) is 10.5. The van der Waals surface area contributed by atoms with Gasteiger partial charge in [0, 0.05) is 58.6 Å². The second kappa shape index (κ2) is 10.2. The average Bonchev–Trinajstić information content (AvgIpc) is 3.10. The molecule has 1 unspecified atom stereocenters. The van der Waals surface area contributed by atoms with E-state index in [1.807, 2.05) is 37.9 Å². The Bertz CT molecular complexity index is 1270. The van der Waals surface area contributed by atoms with Gasteiger partial charge in [0.2, 0.25) is 0 Å². The summed E-state index contributed by atoms with van der Waals surface area (Å²) >= 11 is 8.24. The van der Waals surface area contributed by atoms with E-state index in [0.29, 0.717) is 12.6 Å². The maximum absolute atomic E-state index is 12.7. The van der Waals surface area contributed by atoms with E-state index in [4.69, 9.17) is 16.3 Å². The predicted octanol–water partition coefficient (Wildman–Crippen LogP) is 6.65. The Morgan fingerprint density at radius 2 is 2.00 bits per heavy atom. The van der Waals surface area contributed by atoms with Gasteiger partial charge in [0.05, 0.1) is 16.8 Å². The average molecular weight is 528 g/mol. The number of carbonyl (C=O) groups excluding carboxylic acids is 1. The van der Waals surface area contributed by atoms with Gasteiger partial charge in [0.25, 0.3) is 0 Å². The first-order chi connectivity index (χ1) is 17.2. The van der Waals surface area contributed by atoms with Crippen LogP contribution in [0.3, 0.4) is 0 Å². The van der Waals surface area contributed by atoms with Crippen LogP contribution in [0, 0.1) is 0 Å². The van der Waals surface area contributed by atoms with Gasteiger partial charge in [-0.2, -0.15) is 0 Å². The van der Waals surface area contributed by atoms with Gasteiger partial charge >= 0.3 is 6.09 Å². The van der Waals surface area contributed by atoms with Crippen LogP contribution in [0.25, 0.3) is 21.3 Å². The normalized spacial score (nSPS) is 18.8. The monoisotopic (exact) mass is 527 g/mol. The number of aromatic nitrogens is 1. The van der Waals surface area contributed by atoms with Crippen molar-refractivity contribution in [2.45, 2.75) is 71.1 Å². The number of aliphatic hydroxyl groups excluding tert-OH is 1. The highest BCUT2D eigenvalue weighted by Crippen LogP contribution is 2.45. The third-order valence-electron chi connectivity index (χ3n) is 6.99. The van der Waals surface area contributed by atoms with Crippen molar-refractivity contribution in [3.63, 3.8) is 0 Å². The van der Waals surface area contributed by atoms with Gasteiger partial charge in [-0.15, -0.1) is 11.3 Å². The van der Waals surface area contributed by atoms with Crippen LogP contribution in [0.2, 0.25) is 5.02 Å². The number of aryl methyl sites for hydroxylation is 1. The number of halogens is 1. The molecule has 0 radical (unpaired) electrons. The molecule has 1 atom stereocenters. The number of carbonyl (C=O) groups is 1. The lowest BCUT2D eigenvalue weighted by atomic mass is 9.91. The summed E-state index contributed by atoms with van der Waals surface area (Å²) in [6.07, 6.45) is 6.58. The van der Waals surface area contributed by atoms with E-state index < -0.39 is 5.60 Å². The van der Waals surface area contributed by atoms with Gasteiger partial charge in [-0.3, -0.25) is 4.98 Å². The largest absolute Gasteiger partial charge is 0.444 e. The molecule has 1 aromatic carbocycles. The molecule has 4 heterocycles. The number of rotatable bonds is 3. The van der Waals surface area contributed by atoms with E-state index in [0.717, 1.165) is 76.4 Å². The Hall–Kier alpha value is -2.35. The zero-order chi connectivity index (χ0) is 25.4. The number of pyridine rings is 1. The second-order valence-electron chi connectivity index (χ2n) is 10.8. The topological polar surface area (TPSA) is 65.9 Å². The second-order valence-corrected chi connectivity index (χ2v) is 12.3. The number of fused-ring (bicyclic) bond motifs is 2. The molecule has 1 saturated heterocycles. The van der Waals surface area contributed by atoms with Gasteiger partial charge in [0.15, 0.2) is 0 Å². The number of benzene rings is 1. The highest BCUT2D eigenvalue weighted by molar-refractivity contribution is 7.19. The smallest absolute Gasteiger partial charge is 0.410 e. The Morgan fingerprint density at radius 3 is 2.78 bits per heavy atom. The minimum Gasteiger partial charge on any atom is -0.444 e. The van der Waals surface area contributed by atoms with Crippen LogP contribution in [0.4, 0.5) is 10.5 Å². The first kappa shape index (κ1) is 25.3. The maximum atomic E-state index is 12.7. The third kappa shape index (κ3) is 5.20. The van der Waals surface area contributed by atoms with Crippen LogP contribution in [0.15, 0.2) is 30.5 Å². The molecule has 1 amide bonds. The minimum absolute atomic E-state index is 0.0104. The molecule has 192 valence electrons. The van der Waals surface area contributed by atoms with Crippen molar-refractivity contribution in [3.05, 3.63) is 45.9 Å². The number of hydrogen-bond acceptors (Lipinski definition) is 6. The van der Waals surface area contributed by atoms with Crippen LogP contribution in [-0.4, -0.2) is 52.4 Å². The lowest BCUT2D eigenvalue weighted by Crippen LogP contribution is -2.41. The molecule has 36 heavy (non-hydrogen) atoms. The molecule has 0 saturated carbocycles. The zero-order valence-corrected chi connectivity index (χ0v) is 22.8. The lowest BCUT2D eigenvalue weighted by molar-refractivity contribution is 0.0256. The molecular weight excluding hydrogens is 494 g/mol. The summed E-state index contributed by atoms with van der Waals surface area (Å²) in [6.45, 7) is 8.15. The molecule has 3 aromatic rings. The molecule has 0 bridgehead atoms.